The topological polar surface area (TPSA) is 40.5 Å². The molecule has 2 fully saturated rings. The van der Waals surface area contributed by atoms with Gasteiger partial charge in [0.1, 0.15) is 5.82 Å². The molecule has 2 heterocycles. The summed E-state index contributed by atoms with van der Waals surface area (Å²) in [6.45, 7) is 0.534. The number of aliphatic hydroxyl groups is 1. The van der Waals surface area contributed by atoms with Crippen LogP contribution in [-0.2, 0) is 0 Å². The third-order valence-electron chi connectivity index (χ3n) is 5.77. The van der Waals surface area contributed by atoms with Gasteiger partial charge in [0.2, 0.25) is 0 Å². The first kappa shape index (κ1) is 16.7. The van der Waals surface area contributed by atoms with Gasteiger partial charge in [-0.25, -0.2) is 4.39 Å². The van der Waals surface area contributed by atoms with E-state index >= 15 is 0 Å². The number of nitrogens with zero attached hydrogens (tertiary/aromatic N) is 1. The number of carbonyl (C=O) groups excluding carboxylic acids is 1. The fraction of sp³-hybridized carbons (Fsp3) is 0.450. The van der Waals surface area contributed by atoms with Gasteiger partial charge in [-0.2, -0.15) is 0 Å². The Morgan fingerprint density at radius 1 is 1.20 bits per heavy atom. The molecule has 4 rings (SSSR count). The number of hydrogen-bond donors (Lipinski definition) is 1. The van der Waals surface area contributed by atoms with Gasteiger partial charge in [0.15, 0.2) is 0 Å². The van der Waals surface area contributed by atoms with E-state index in [0.717, 1.165) is 31.2 Å². The average Bonchev–Trinajstić information content (AvgIpc) is 3.15. The summed E-state index contributed by atoms with van der Waals surface area (Å²) in [5.41, 5.74) is 0.195. The van der Waals surface area contributed by atoms with E-state index in [1.165, 1.54) is 23.5 Å². The van der Waals surface area contributed by atoms with Gasteiger partial charge in [0.05, 0.1) is 16.5 Å². The SMILES string of the molecule is O=C(c1cccs1)N1CC[C@@]2(O)CCCC[C@H]2[C@H]1c1ccc(F)cc1. The predicted octanol–water partition coefficient (Wildman–Crippen LogP) is 4.40. The van der Waals surface area contributed by atoms with Crippen molar-refractivity contribution in [3.8, 4) is 0 Å². The molecule has 2 aliphatic rings. The summed E-state index contributed by atoms with van der Waals surface area (Å²) in [5, 5.41) is 13.1. The number of hydrogen-bond acceptors (Lipinski definition) is 3. The van der Waals surface area contributed by atoms with Crippen LogP contribution in [0.2, 0.25) is 0 Å². The van der Waals surface area contributed by atoms with Crippen LogP contribution in [0.25, 0.3) is 0 Å². The molecular formula is C20H22FNO2S. The van der Waals surface area contributed by atoms with Gasteiger partial charge in [-0.3, -0.25) is 4.79 Å². The largest absolute Gasteiger partial charge is 0.389 e. The van der Waals surface area contributed by atoms with Crippen LogP contribution in [0.5, 0.6) is 0 Å². The van der Waals surface area contributed by atoms with Crippen molar-refractivity contribution < 1.29 is 14.3 Å². The van der Waals surface area contributed by atoms with Crippen molar-refractivity contribution in [2.45, 2.75) is 43.7 Å². The zero-order valence-electron chi connectivity index (χ0n) is 14.0. The number of thiophene rings is 1. The molecule has 1 aromatic carbocycles. The number of halogens is 1. The van der Waals surface area contributed by atoms with Gasteiger partial charge >= 0.3 is 0 Å². The molecule has 132 valence electrons. The maximum atomic E-state index is 13.4. The molecule has 1 aliphatic heterocycles. The minimum atomic E-state index is -0.719. The minimum Gasteiger partial charge on any atom is -0.389 e. The Labute approximate surface area is 151 Å². The third-order valence-corrected chi connectivity index (χ3v) is 6.63. The molecule has 3 nitrogen and oxygen atoms in total. The van der Waals surface area contributed by atoms with Gasteiger partial charge in [0.25, 0.3) is 5.91 Å². The van der Waals surface area contributed by atoms with Crippen molar-refractivity contribution in [1.82, 2.24) is 4.90 Å². The summed E-state index contributed by atoms with van der Waals surface area (Å²) in [6.07, 6.45) is 4.39. The summed E-state index contributed by atoms with van der Waals surface area (Å²) in [4.78, 5) is 15.7. The highest BCUT2D eigenvalue weighted by Crippen LogP contribution is 2.49. The first-order valence-corrected chi connectivity index (χ1v) is 9.79. The Hall–Kier alpha value is -1.72. The maximum Gasteiger partial charge on any atom is 0.264 e. The van der Waals surface area contributed by atoms with E-state index < -0.39 is 5.60 Å². The molecule has 0 unspecified atom stereocenters. The van der Waals surface area contributed by atoms with Crippen LogP contribution in [-0.4, -0.2) is 28.1 Å². The van der Waals surface area contributed by atoms with Crippen LogP contribution in [0.1, 0.15) is 53.4 Å². The van der Waals surface area contributed by atoms with E-state index in [0.29, 0.717) is 17.8 Å². The highest BCUT2D eigenvalue weighted by molar-refractivity contribution is 7.12. The highest BCUT2D eigenvalue weighted by Gasteiger charge is 2.50. The number of benzene rings is 1. The molecule has 1 saturated carbocycles. The van der Waals surface area contributed by atoms with E-state index in [-0.39, 0.29) is 23.7 Å². The van der Waals surface area contributed by atoms with E-state index in [2.05, 4.69) is 0 Å². The quantitative estimate of drug-likeness (QED) is 0.864. The predicted molar refractivity (Wildman–Crippen MR) is 96.0 cm³/mol. The molecule has 1 N–H and O–H groups in total. The van der Waals surface area contributed by atoms with Crippen LogP contribution < -0.4 is 0 Å². The monoisotopic (exact) mass is 359 g/mol. The first-order chi connectivity index (χ1) is 12.1. The van der Waals surface area contributed by atoms with Crippen LogP contribution in [0, 0.1) is 11.7 Å². The van der Waals surface area contributed by atoms with Crippen molar-refractivity contribution in [3.63, 3.8) is 0 Å². The van der Waals surface area contributed by atoms with Crippen molar-refractivity contribution >= 4 is 17.2 Å². The Bertz CT molecular complexity index is 746. The Morgan fingerprint density at radius 2 is 2.00 bits per heavy atom. The van der Waals surface area contributed by atoms with Crippen LogP contribution in [0.4, 0.5) is 4.39 Å². The normalized spacial score (nSPS) is 29.3. The maximum absolute atomic E-state index is 13.4. The molecule has 25 heavy (non-hydrogen) atoms. The van der Waals surface area contributed by atoms with Gasteiger partial charge in [-0.1, -0.05) is 31.0 Å². The highest BCUT2D eigenvalue weighted by atomic mass is 32.1. The molecule has 1 amide bonds. The number of piperidine rings is 1. The lowest BCUT2D eigenvalue weighted by atomic mass is 9.66. The summed E-state index contributed by atoms with van der Waals surface area (Å²) in [7, 11) is 0. The van der Waals surface area contributed by atoms with Crippen LogP contribution in [0.3, 0.4) is 0 Å². The molecule has 0 spiro atoms. The number of likely N-dealkylation sites (tertiary alicyclic amines) is 1. The second kappa shape index (κ2) is 6.54. The fourth-order valence-electron chi connectivity index (χ4n) is 4.52. The van der Waals surface area contributed by atoms with Crippen molar-refractivity contribution in [1.29, 1.82) is 0 Å². The van der Waals surface area contributed by atoms with Crippen molar-refractivity contribution in [2.75, 3.05) is 6.54 Å². The summed E-state index contributed by atoms with van der Waals surface area (Å²) in [5.74, 6) is -0.268. The van der Waals surface area contributed by atoms with Gasteiger partial charge in [-0.05, 0) is 48.4 Å². The summed E-state index contributed by atoms with van der Waals surface area (Å²) >= 11 is 1.44. The zero-order valence-corrected chi connectivity index (χ0v) is 14.8. The van der Waals surface area contributed by atoms with Crippen LogP contribution >= 0.6 is 11.3 Å². The lowest BCUT2D eigenvalue weighted by molar-refractivity contribution is -0.114. The molecular weight excluding hydrogens is 337 g/mol. The smallest absolute Gasteiger partial charge is 0.264 e. The molecule has 1 aliphatic carbocycles. The minimum absolute atomic E-state index is 0.00405. The fourth-order valence-corrected chi connectivity index (χ4v) is 5.20. The molecule has 1 aromatic heterocycles. The van der Waals surface area contributed by atoms with E-state index in [1.807, 2.05) is 22.4 Å². The number of amides is 1. The first-order valence-electron chi connectivity index (χ1n) is 8.91. The molecule has 5 heteroatoms. The lowest BCUT2D eigenvalue weighted by Gasteiger charge is -2.52. The zero-order chi connectivity index (χ0) is 17.4. The Balaban J connectivity index is 1.74. The second-order valence-electron chi connectivity index (χ2n) is 7.18. The van der Waals surface area contributed by atoms with Crippen molar-refractivity contribution in [2.24, 2.45) is 5.92 Å². The molecule has 3 atom stereocenters. The molecule has 1 saturated heterocycles. The van der Waals surface area contributed by atoms with Gasteiger partial charge in [0, 0.05) is 12.5 Å². The van der Waals surface area contributed by atoms with E-state index in [9.17, 15) is 14.3 Å². The summed E-state index contributed by atoms with van der Waals surface area (Å²) < 4.78 is 13.4. The van der Waals surface area contributed by atoms with Gasteiger partial charge < -0.3 is 10.0 Å². The summed E-state index contributed by atoms with van der Waals surface area (Å²) in [6, 6.07) is 9.93. The molecule has 0 radical (unpaired) electrons. The van der Waals surface area contributed by atoms with Crippen molar-refractivity contribution in [3.05, 3.63) is 58.0 Å². The van der Waals surface area contributed by atoms with E-state index in [4.69, 9.17) is 0 Å². The Morgan fingerprint density at radius 3 is 2.72 bits per heavy atom. The average molecular weight is 359 g/mol. The molecule has 0 bridgehead atoms. The molecule has 2 aromatic rings. The number of fused-ring (bicyclic) bond motifs is 1. The van der Waals surface area contributed by atoms with Crippen LogP contribution in [0.15, 0.2) is 41.8 Å². The number of rotatable bonds is 2. The standard InChI is InChI=1S/C20H22FNO2S/c21-15-8-6-14(7-9-15)18-16-4-1-2-10-20(16,24)11-12-22(18)19(23)17-5-3-13-25-17/h3,5-9,13,16,18,24H,1-2,4,10-12H2/t16-,18+,20-/m0/s1. The lowest BCUT2D eigenvalue weighted by Crippen LogP contribution is -2.56. The number of carbonyl (C=O) groups is 1. The third kappa shape index (κ3) is 3.00. The Kier molecular flexibility index (Phi) is 4.38. The second-order valence-corrected chi connectivity index (χ2v) is 8.13. The van der Waals surface area contributed by atoms with E-state index in [1.54, 1.807) is 12.1 Å². The van der Waals surface area contributed by atoms with Gasteiger partial charge in [-0.15, -0.1) is 11.3 Å².